The molecule has 1 saturated heterocycles. The number of urea groups is 1. The maximum Gasteiger partial charge on any atom is 0.330 e. The van der Waals surface area contributed by atoms with E-state index in [1.54, 1.807) is 61.7 Å². The van der Waals surface area contributed by atoms with Gasteiger partial charge in [0.2, 0.25) is 5.91 Å². The summed E-state index contributed by atoms with van der Waals surface area (Å²) >= 11 is 0. The molecule has 9 heteroatoms. The summed E-state index contributed by atoms with van der Waals surface area (Å²) in [5.41, 5.74) is 2.70. The number of rotatable bonds is 5. The zero-order chi connectivity index (χ0) is 21.3. The van der Waals surface area contributed by atoms with Gasteiger partial charge in [-0.15, -0.1) is 0 Å². The summed E-state index contributed by atoms with van der Waals surface area (Å²) in [6, 6.07) is 13.2. The molecule has 1 fully saturated rings. The summed E-state index contributed by atoms with van der Waals surface area (Å²) in [5, 5.41) is 5.28. The first-order valence-electron chi connectivity index (χ1n) is 9.28. The highest BCUT2D eigenvalue weighted by molar-refractivity contribution is 6.04. The molecule has 0 bridgehead atoms. The molecular weight excluding hydrogens is 386 g/mol. The van der Waals surface area contributed by atoms with Crippen LogP contribution in [0.4, 0.5) is 10.5 Å². The zero-order valence-corrected chi connectivity index (χ0v) is 16.1. The van der Waals surface area contributed by atoms with E-state index >= 15 is 0 Å². The maximum absolute atomic E-state index is 12.7. The number of carbonyl (C=O) groups excluding carboxylic acids is 3. The Morgan fingerprint density at radius 3 is 2.60 bits per heavy atom. The third-order valence-electron chi connectivity index (χ3n) is 4.79. The van der Waals surface area contributed by atoms with Crippen LogP contribution in [0.1, 0.15) is 21.6 Å². The summed E-state index contributed by atoms with van der Waals surface area (Å²) in [5.74, 6) is -0.647. The summed E-state index contributed by atoms with van der Waals surface area (Å²) in [4.78, 5) is 51.9. The SMILES string of the molecule is Cc1c[nH]c(=O)n1-c1cccc(NC(=O)c2cccc(CN3C(=O)CNC3=O)c2)c1. The number of hydrogen-bond acceptors (Lipinski definition) is 4. The highest BCUT2D eigenvalue weighted by Gasteiger charge is 2.28. The number of benzene rings is 2. The lowest BCUT2D eigenvalue weighted by Gasteiger charge is -2.13. The fraction of sp³-hybridized carbons (Fsp3) is 0.143. The van der Waals surface area contributed by atoms with Crippen LogP contribution < -0.4 is 16.3 Å². The van der Waals surface area contributed by atoms with Gasteiger partial charge in [0.15, 0.2) is 0 Å². The molecule has 3 N–H and O–H groups in total. The number of carbonyl (C=O) groups is 3. The highest BCUT2D eigenvalue weighted by atomic mass is 16.2. The van der Waals surface area contributed by atoms with Crippen molar-refractivity contribution in [2.75, 3.05) is 11.9 Å². The minimum absolute atomic E-state index is 0.0148. The van der Waals surface area contributed by atoms with Gasteiger partial charge in [-0.05, 0) is 42.8 Å². The van der Waals surface area contributed by atoms with Crippen LogP contribution in [0.15, 0.2) is 59.5 Å². The van der Waals surface area contributed by atoms with Crippen molar-refractivity contribution in [1.82, 2.24) is 19.8 Å². The van der Waals surface area contributed by atoms with Crippen LogP contribution in [0.2, 0.25) is 0 Å². The van der Waals surface area contributed by atoms with Crippen molar-refractivity contribution in [2.24, 2.45) is 0 Å². The Bertz CT molecular complexity index is 1190. The lowest BCUT2D eigenvalue weighted by atomic mass is 10.1. The zero-order valence-electron chi connectivity index (χ0n) is 16.1. The van der Waals surface area contributed by atoms with Crippen molar-refractivity contribution in [1.29, 1.82) is 0 Å². The van der Waals surface area contributed by atoms with Gasteiger partial charge in [0.1, 0.15) is 0 Å². The summed E-state index contributed by atoms with van der Waals surface area (Å²) in [6.45, 7) is 1.88. The molecule has 1 aliphatic heterocycles. The summed E-state index contributed by atoms with van der Waals surface area (Å²) in [7, 11) is 0. The molecule has 2 aromatic carbocycles. The van der Waals surface area contributed by atoms with Crippen molar-refractivity contribution >= 4 is 23.5 Å². The fourth-order valence-electron chi connectivity index (χ4n) is 3.31. The number of aromatic nitrogens is 2. The lowest BCUT2D eigenvalue weighted by Crippen LogP contribution is -2.30. The van der Waals surface area contributed by atoms with Crippen molar-refractivity contribution in [2.45, 2.75) is 13.5 Å². The molecule has 9 nitrogen and oxygen atoms in total. The standard InChI is InChI=1S/C21H19N5O4/c1-13-10-22-21(30)26(13)17-7-3-6-16(9-17)24-19(28)15-5-2-4-14(8-15)12-25-18(27)11-23-20(25)29/h2-10H,11-12H2,1H3,(H,22,30)(H,23,29)(H,24,28). The average molecular weight is 405 g/mol. The molecule has 4 rings (SSSR count). The molecule has 0 aliphatic carbocycles. The number of amides is 4. The van der Waals surface area contributed by atoms with E-state index in [1.165, 1.54) is 4.57 Å². The normalized spacial score (nSPS) is 13.4. The van der Waals surface area contributed by atoms with E-state index in [0.29, 0.717) is 22.5 Å². The second-order valence-corrected chi connectivity index (χ2v) is 6.91. The number of H-pyrrole nitrogens is 1. The number of imide groups is 1. The summed E-state index contributed by atoms with van der Waals surface area (Å²) < 4.78 is 1.51. The molecule has 30 heavy (non-hydrogen) atoms. The van der Waals surface area contributed by atoms with E-state index in [-0.39, 0.29) is 30.6 Å². The van der Waals surface area contributed by atoms with Gasteiger partial charge >= 0.3 is 11.7 Å². The van der Waals surface area contributed by atoms with Gasteiger partial charge in [-0.1, -0.05) is 18.2 Å². The summed E-state index contributed by atoms with van der Waals surface area (Å²) in [6.07, 6.45) is 1.62. The third kappa shape index (κ3) is 3.72. The Kier molecular flexibility index (Phi) is 4.93. The first-order chi connectivity index (χ1) is 14.4. The van der Waals surface area contributed by atoms with E-state index in [2.05, 4.69) is 15.6 Å². The minimum atomic E-state index is -0.443. The van der Waals surface area contributed by atoms with E-state index in [0.717, 1.165) is 10.6 Å². The molecule has 0 atom stereocenters. The topological polar surface area (TPSA) is 116 Å². The van der Waals surface area contributed by atoms with Gasteiger partial charge in [0.25, 0.3) is 5.91 Å². The number of imidazole rings is 1. The first-order valence-corrected chi connectivity index (χ1v) is 9.28. The molecule has 0 saturated carbocycles. The van der Waals surface area contributed by atoms with Crippen LogP contribution in [-0.4, -0.2) is 38.8 Å². The monoisotopic (exact) mass is 405 g/mol. The molecule has 1 aliphatic rings. The van der Waals surface area contributed by atoms with Crippen LogP contribution in [0, 0.1) is 6.92 Å². The van der Waals surface area contributed by atoms with E-state index < -0.39 is 6.03 Å². The van der Waals surface area contributed by atoms with E-state index in [9.17, 15) is 19.2 Å². The molecule has 4 amide bonds. The number of anilines is 1. The molecule has 2 heterocycles. The number of aryl methyl sites for hydroxylation is 1. The molecule has 1 aromatic heterocycles. The number of nitrogens with zero attached hydrogens (tertiary/aromatic N) is 2. The quantitative estimate of drug-likeness (QED) is 0.561. The number of hydrogen-bond donors (Lipinski definition) is 3. The van der Waals surface area contributed by atoms with Crippen molar-refractivity contribution in [3.63, 3.8) is 0 Å². The third-order valence-corrected chi connectivity index (χ3v) is 4.79. The number of aromatic amines is 1. The van der Waals surface area contributed by atoms with Gasteiger partial charge in [0, 0.05) is 23.1 Å². The Morgan fingerprint density at radius 1 is 1.10 bits per heavy atom. The molecular formula is C21H19N5O4. The van der Waals surface area contributed by atoms with Crippen LogP contribution in [0.5, 0.6) is 0 Å². The van der Waals surface area contributed by atoms with Crippen molar-refractivity contribution in [3.05, 3.63) is 82.0 Å². The molecule has 0 unspecified atom stereocenters. The fourth-order valence-corrected chi connectivity index (χ4v) is 3.31. The minimum Gasteiger partial charge on any atom is -0.329 e. The smallest absolute Gasteiger partial charge is 0.329 e. The molecule has 0 spiro atoms. The van der Waals surface area contributed by atoms with Gasteiger partial charge < -0.3 is 15.6 Å². The van der Waals surface area contributed by atoms with Crippen LogP contribution >= 0.6 is 0 Å². The van der Waals surface area contributed by atoms with Gasteiger partial charge in [-0.2, -0.15) is 0 Å². The lowest BCUT2D eigenvalue weighted by molar-refractivity contribution is -0.125. The van der Waals surface area contributed by atoms with E-state index in [1.807, 2.05) is 0 Å². The predicted molar refractivity (Wildman–Crippen MR) is 109 cm³/mol. The Balaban J connectivity index is 1.52. The number of nitrogens with one attached hydrogen (secondary N) is 3. The Hall–Kier alpha value is -4.14. The van der Waals surface area contributed by atoms with Gasteiger partial charge in [-0.25, -0.2) is 9.59 Å². The van der Waals surface area contributed by atoms with Crippen molar-refractivity contribution < 1.29 is 14.4 Å². The second kappa shape index (κ2) is 7.70. The van der Waals surface area contributed by atoms with E-state index in [4.69, 9.17) is 0 Å². The highest BCUT2D eigenvalue weighted by Crippen LogP contribution is 2.17. The maximum atomic E-state index is 12.7. The second-order valence-electron chi connectivity index (χ2n) is 6.91. The van der Waals surface area contributed by atoms with Crippen LogP contribution in [0.3, 0.4) is 0 Å². The Labute approximate surface area is 171 Å². The van der Waals surface area contributed by atoms with Crippen molar-refractivity contribution in [3.8, 4) is 5.69 Å². The average Bonchev–Trinajstić information content (AvgIpc) is 3.24. The van der Waals surface area contributed by atoms with Gasteiger partial charge in [0.05, 0.1) is 18.8 Å². The largest absolute Gasteiger partial charge is 0.330 e. The molecule has 152 valence electrons. The Morgan fingerprint density at radius 2 is 1.90 bits per heavy atom. The predicted octanol–water partition coefficient (Wildman–Crippen LogP) is 1.78. The van der Waals surface area contributed by atoms with Gasteiger partial charge in [-0.3, -0.25) is 19.1 Å². The van der Waals surface area contributed by atoms with Crippen LogP contribution in [-0.2, 0) is 11.3 Å². The molecule has 3 aromatic rings. The first kappa shape index (κ1) is 19.2. The molecule has 0 radical (unpaired) electrons. The van der Waals surface area contributed by atoms with Crippen LogP contribution in [0.25, 0.3) is 5.69 Å².